The summed E-state index contributed by atoms with van der Waals surface area (Å²) in [5, 5.41) is 13.0. The van der Waals surface area contributed by atoms with Crippen molar-refractivity contribution in [3.8, 4) is 6.07 Å². The van der Waals surface area contributed by atoms with Crippen LogP contribution in [0.2, 0.25) is 0 Å². The van der Waals surface area contributed by atoms with Gasteiger partial charge in [0.1, 0.15) is 22.7 Å². The number of aromatic nitrogens is 2. The van der Waals surface area contributed by atoms with E-state index in [1.165, 1.54) is 5.56 Å². The number of fused-ring (bicyclic) bond motifs is 3. The summed E-state index contributed by atoms with van der Waals surface area (Å²) in [6.45, 7) is 2.70. The summed E-state index contributed by atoms with van der Waals surface area (Å²) in [5.74, 6) is 0.975. The van der Waals surface area contributed by atoms with E-state index in [2.05, 4.69) is 39.0 Å². The van der Waals surface area contributed by atoms with Crippen molar-refractivity contribution in [2.45, 2.75) is 13.5 Å². The molecule has 0 unspecified atom stereocenters. The predicted molar refractivity (Wildman–Crippen MR) is 94.7 cm³/mol. The third-order valence-electron chi connectivity index (χ3n) is 4.28. The molecule has 0 aliphatic heterocycles. The van der Waals surface area contributed by atoms with Gasteiger partial charge in [-0.2, -0.15) is 9.66 Å². The van der Waals surface area contributed by atoms with Gasteiger partial charge >= 0.3 is 0 Å². The molecular weight excluding hydrogens is 296 g/mol. The molecule has 0 saturated heterocycles. The van der Waals surface area contributed by atoms with Crippen LogP contribution in [0.3, 0.4) is 0 Å². The fourth-order valence-electron chi connectivity index (χ4n) is 3.09. The van der Waals surface area contributed by atoms with Crippen molar-refractivity contribution >= 4 is 22.5 Å². The fourth-order valence-corrected chi connectivity index (χ4v) is 3.09. The van der Waals surface area contributed by atoms with Gasteiger partial charge < -0.3 is 5.32 Å². The molecule has 4 nitrogen and oxygen atoms in total. The van der Waals surface area contributed by atoms with Gasteiger partial charge in [-0.15, -0.1) is 0 Å². The van der Waals surface area contributed by atoms with Crippen LogP contribution in [0.25, 0.3) is 16.7 Å². The van der Waals surface area contributed by atoms with Gasteiger partial charge in [0.05, 0.1) is 6.54 Å². The molecule has 0 aliphatic rings. The van der Waals surface area contributed by atoms with E-state index in [4.69, 9.17) is 0 Å². The molecule has 116 valence electrons. The number of pyridine rings is 1. The topological polar surface area (TPSA) is 55.7 Å². The van der Waals surface area contributed by atoms with E-state index in [-0.39, 0.29) is 0 Å². The van der Waals surface area contributed by atoms with Crippen LogP contribution in [0.5, 0.6) is 0 Å². The lowest BCUT2D eigenvalue weighted by Crippen LogP contribution is -2.27. The summed E-state index contributed by atoms with van der Waals surface area (Å²) < 4.78 is 2.09. The average molecular weight is 313 g/mol. The molecule has 2 N–H and O–H groups in total. The Morgan fingerprint density at radius 3 is 2.62 bits per heavy atom. The van der Waals surface area contributed by atoms with Crippen LogP contribution in [-0.4, -0.2) is 4.98 Å². The molecular formula is C20H17N4+. The Kier molecular flexibility index (Phi) is 3.40. The van der Waals surface area contributed by atoms with Crippen molar-refractivity contribution < 1.29 is 4.40 Å². The lowest BCUT2D eigenvalue weighted by molar-refractivity contribution is -0.465. The molecule has 4 aromatic rings. The van der Waals surface area contributed by atoms with Crippen molar-refractivity contribution in [3.05, 3.63) is 77.4 Å². The first kappa shape index (κ1) is 14.3. The third-order valence-corrected chi connectivity index (χ3v) is 4.28. The SMILES string of the molecule is Cc1cc(NCc2ccccc2)[n+]2c([nH]c3ccccc32)c1C#N. The summed E-state index contributed by atoms with van der Waals surface area (Å²) in [5.41, 5.74) is 5.75. The highest BCUT2D eigenvalue weighted by Gasteiger charge is 2.19. The maximum absolute atomic E-state index is 9.54. The first-order chi connectivity index (χ1) is 11.8. The van der Waals surface area contributed by atoms with Crippen LogP contribution in [0.1, 0.15) is 16.7 Å². The second-order valence-electron chi connectivity index (χ2n) is 5.86. The van der Waals surface area contributed by atoms with E-state index < -0.39 is 0 Å². The maximum Gasteiger partial charge on any atom is 0.250 e. The molecule has 0 radical (unpaired) electrons. The number of anilines is 1. The fraction of sp³-hybridized carbons (Fsp3) is 0.100. The minimum Gasteiger partial charge on any atom is -0.301 e. The van der Waals surface area contributed by atoms with Gasteiger partial charge in [-0.05, 0) is 30.2 Å². The van der Waals surface area contributed by atoms with Gasteiger partial charge in [-0.3, -0.25) is 4.98 Å². The first-order valence-electron chi connectivity index (χ1n) is 7.92. The van der Waals surface area contributed by atoms with Crippen LogP contribution >= 0.6 is 0 Å². The molecule has 0 spiro atoms. The van der Waals surface area contributed by atoms with E-state index in [0.717, 1.165) is 34.6 Å². The van der Waals surface area contributed by atoms with E-state index in [1.54, 1.807) is 0 Å². The molecule has 2 heterocycles. The second kappa shape index (κ2) is 5.71. The van der Waals surface area contributed by atoms with Gasteiger partial charge in [0, 0.05) is 6.07 Å². The van der Waals surface area contributed by atoms with Crippen LogP contribution in [-0.2, 0) is 6.54 Å². The van der Waals surface area contributed by atoms with Crippen molar-refractivity contribution in [1.82, 2.24) is 4.98 Å². The monoisotopic (exact) mass is 313 g/mol. The summed E-state index contributed by atoms with van der Waals surface area (Å²) >= 11 is 0. The number of nitrogens with one attached hydrogen (secondary N) is 2. The standard InChI is InChI=1S/C20H16N4/c1-14-11-19(22-13-15-7-3-2-4-8-15)24-18-10-6-5-9-17(18)23-20(24)16(14)12-21/h2-11H,13H2,1H3,(H,22,23)/p+1. The van der Waals surface area contributed by atoms with Crippen molar-refractivity contribution in [3.63, 3.8) is 0 Å². The molecule has 4 rings (SSSR count). The van der Waals surface area contributed by atoms with Crippen LogP contribution in [0.15, 0.2) is 60.7 Å². The van der Waals surface area contributed by atoms with E-state index in [9.17, 15) is 5.26 Å². The van der Waals surface area contributed by atoms with Crippen LogP contribution in [0, 0.1) is 18.3 Å². The Hall–Kier alpha value is -3.32. The molecule has 2 aromatic heterocycles. The Bertz CT molecular complexity index is 1070. The Morgan fingerprint density at radius 1 is 1.08 bits per heavy atom. The zero-order valence-corrected chi connectivity index (χ0v) is 13.4. The number of aryl methyl sites for hydroxylation is 1. The highest BCUT2D eigenvalue weighted by Crippen LogP contribution is 2.20. The molecule has 0 amide bonds. The number of H-pyrrole nitrogens is 1. The zero-order chi connectivity index (χ0) is 16.5. The largest absolute Gasteiger partial charge is 0.301 e. The summed E-state index contributed by atoms with van der Waals surface area (Å²) in [6, 6.07) is 22.7. The van der Waals surface area contributed by atoms with Gasteiger partial charge in [-0.1, -0.05) is 42.5 Å². The predicted octanol–water partition coefficient (Wildman–Crippen LogP) is 3.70. The van der Waals surface area contributed by atoms with Gasteiger partial charge in [-0.25, -0.2) is 0 Å². The molecule has 0 fully saturated rings. The highest BCUT2D eigenvalue weighted by molar-refractivity contribution is 5.77. The number of para-hydroxylation sites is 2. The number of nitriles is 1. The Morgan fingerprint density at radius 2 is 1.83 bits per heavy atom. The Labute approximate surface area is 140 Å². The lowest BCUT2D eigenvalue weighted by Gasteiger charge is -2.06. The molecule has 0 atom stereocenters. The van der Waals surface area contributed by atoms with Gasteiger partial charge in [0.15, 0.2) is 0 Å². The highest BCUT2D eigenvalue weighted by atomic mass is 15.1. The quantitative estimate of drug-likeness (QED) is 0.567. The number of rotatable bonds is 3. The second-order valence-corrected chi connectivity index (χ2v) is 5.86. The molecule has 0 saturated carbocycles. The molecule has 2 aromatic carbocycles. The average Bonchev–Trinajstić information content (AvgIpc) is 3.00. The lowest BCUT2D eigenvalue weighted by atomic mass is 10.1. The summed E-state index contributed by atoms with van der Waals surface area (Å²) in [6.07, 6.45) is 0. The minimum absolute atomic E-state index is 0.677. The number of aromatic amines is 1. The number of benzene rings is 2. The van der Waals surface area contributed by atoms with E-state index in [1.807, 2.05) is 49.4 Å². The number of hydrogen-bond donors (Lipinski definition) is 2. The molecule has 0 aliphatic carbocycles. The smallest absolute Gasteiger partial charge is 0.250 e. The van der Waals surface area contributed by atoms with Crippen molar-refractivity contribution in [2.24, 2.45) is 0 Å². The van der Waals surface area contributed by atoms with E-state index >= 15 is 0 Å². The maximum atomic E-state index is 9.54. The van der Waals surface area contributed by atoms with Crippen LogP contribution in [0.4, 0.5) is 5.82 Å². The van der Waals surface area contributed by atoms with Gasteiger partial charge in [0.2, 0.25) is 11.5 Å². The number of imidazole rings is 1. The van der Waals surface area contributed by atoms with Crippen LogP contribution < -0.4 is 9.72 Å². The zero-order valence-electron chi connectivity index (χ0n) is 13.4. The normalized spacial score (nSPS) is 10.8. The Balaban J connectivity index is 1.90. The molecule has 0 bridgehead atoms. The first-order valence-corrected chi connectivity index (χ1v) is 7.92. The van der Waals surface area contributed by atoms with E-state index in [0.29, 0.717) is 5.56 Å². The van der Waals surface area contributed by atoms with Crippen molar-refractivity contribution in [1.29, 1.82) is 5.26 Å². The molecule has 24 heavy (non-hydrogen) atoms. The summed E-state index contributed by atoms with van der Waals surface area (Å²) in [4.78, 5) is 3.38. The van der Waals surface area contributed by atoms with Crippen molar-refractivity contribution in [2.75, 3.05) is 5.32 Å². The molecule has 4 heteroatoms. The minimum atomic E-state index is 0.677. The number of hydrogen-bond acceptors (Lipinski definition) is 2. The third kappa shape index (κ3) is 2.27. The number of nitrogens with zero attached hydrogens (tertiary/aromatic N) is 2. The van der Waals surface area contributed by atoms with Gasteiger partial charge in [0.25, 0.3) is 0 Å². The summed E-state index contributed by atoms with van der Waals surface area (Å²) in [7, 11) is 0.